The number of benzene rings is 2. The first-order valence-corrected chi connectivity index (χ1v) is 9.15. The summed E-state index contributed by atoms with van der Waals surface area (Å²) in [6.45, 7) is 2.08. The molecular weight excluding hydrogens is 358 g/mol. The molecular formula is C21H23N3O4. The molecule has 2 aromatic rings. The van der Waals surface area contributed by atoms with Crippen LogP contribution in [0.25, 0.3) is 0 Å². The Labute approximate surface area is 163 Å². The summed E-state index contributed by atoms with van der Waals surface area (Å²) in [5.74, 6) is -0.994. The van der Waals surface area contributed by atoms with E-state index in [0.717, 1.165) is 23.2 Å². The number of amides is 3. The summed E-state index contributed by atoms with van der Waals surface area (Å²) in [5, 5.41) is 2.40. The van der Waals surface area contributed by atoms with Gasteiger partial charge in [-0.05, 0) is 30.5 Å². The Hall–Kier alpha value is -3.35. The largest absolute Gasteiger partial charge is 0.451 e. The number of ether oxygens (including phenoxy) is 1. The molecule has 0 aromatic heterocycles. The van der Waals surface area contributed by atoms with Gasteiger partial charge in [-0.2, -0.15) is 0 Å². The van der Waals surface area contributed by atoms with Crippen molar-refractivity contribution in [3.63, 3.8) is 0 Å². The molecule has 146 valence electrons. The third kappa shape index (κ3) is 4.49. The number of rotatable bonds is 6. The van der Waals surface area contributed by atoms with Crippen LogP contribution in [0.2, 0.25) is 0 Å². The summed E-state index contributed by atoms with van der Waals surface area (Å²) >= 11 is 0. The quantitative estimate of drug-likeness (QED) is 0.745. The normalized spacial score (nSPS) is 14.7. The molecule has 7 nitrogen and oxygen atoms in total. The highest BCUT2D eigenvalue weighted by atomic mass is 16.5. The van der Waals surface area contributed by atoms with E-state index in [1.165, 1.54) is 6.92 Å². The van der Waals surface area contributed by atoms with Crippen LogP contribution in [0.5, 0.6) is 0 Å². The summed E-state index contributed by atoms with van der Waals surface area (Å²) in [7, 11) is 0. The Balaban J connectivity index is 1.67. The number of nitrogens with two attached hydrogens (primary N) is 1. The first-order chi connectivity index (χ1) is 13.5. The van der Waals surface area contributed by atoms with Crippen LogP contribution in [-0.2, 0) is 27.2 Å². The van der Waals surface area contributed by atoms with E-state index in [0.29, 0.717) is 6.54 Å². The van der Waals surface area contributed by atoms with Gasteiger partial charge in [-0.1, -0.05) is 48.5 Å². The maximum absolute atomic E-state index is 12.8. The number of nitrogens with zero attached hydrogens (tertiary/aromatic N) is 1. The topological polar surface area (TPSA) is 102 Å². The van der Waals surface area contributed by atoms with Crippen LogP contribution < -0.4 is 16.0 Å². The summed E-state index contributed by atoms with van der Waals surface area (Å²) in [4.78, 5) is 38.3. The van der Waals surface area contributed by atoms with Gasteiger partial charge in [-0.15, -0.1) is 0 Å². The van der Waals surface area contributed by atoms with Crippen molar-refractivity contribution < 1.29 is 19.1 Å². The fourth-order valence-electron chi connectivity index (χ4n) is 3.31. The van der Waals surface area contributed by atoms with Gasteiger partial charge in [0.1, 0.15) is 6.04 Å². The van der Waals surface area contributed by atoms with Crippen LogP contribution in [0.15, 0.2) is 54.6 Å². The van der Waals surface area contributed by atoms with Crippen LogP contribution in [0, 0.1) is 0 Å². The van der Waals surface area contributed by atoms with Crippen LogP contribution in [-0.4, -0.2) is 36.6 Å². The standard InChI is InChI=1S/C21H23N3O4/c1-14(19(25)24-12-11-16-9-5-6-10-18(16)24)28-20(26)17(23-21(22)27)13-15-7-3-2-4-8-15/h2-10,14,17H,11-13H2,1H3,(H3,22,23,27)/t14-,17-/m0/s1. The first-order valence-electron chi connectivity index (χ1n) is 9.15. The number of para-hydroxylation sites is 1. The minimum atomic E-state index is -0.980. The molecule has 0 saturated heterocycles. The molecule has 3 amide bonds. The monoisotopic (exact) mass is 381 g/mol. The molecule has 3 N–H and O–H groups in total. The molecule has 0 unspecified atom stereocenters. The second kappa shape index (κ2) is 8.56. The number of urea groups is 1. The average Bonchev–Trinajstić information content (AvgIpc) is 3.11. The van der Waals surface area contributed by atoms with Crippen molar-refractivity contribution in [3.8, 4) is 0 Å². The Kier molecular flexibility index (Phi) is 5.93. The zero-order valence-corrected chi connectivity index (χ0v) is 15.6. The number of esters is 1. The molecule has 0 radical (unpaired) electrons. The number of primary amides is 1. The van der Waals surface area contributed by atoms with Gasteiger partial charge in [0.25, 0.3) is 5.91 Å². The number of nitrogens with one attached hydrogen (secondary N) is 1. The molecule has 2 aromatic carbocycles. The second-order valence-corrected chi connectivity index (χ2v) is 6.70. The van der Waals surface area contributed by atoms with Crippen LogP contribution in [0.1, 0.15) is 18.1 Å². The minimum absolute atomic E-state index is 0.218. The van der Waals surface area contributed by atoms with Crippen LogP contribution in [0.3, 0.4) is 0 Å². The number of fused-ring (bicyclic) bond motifs is 1. The van der Waals surface area contributed by atoms with E-state index >= 15 is 0 Å². The van der Waals surface area contributed by atoms with E-state index in [4.69, 9.17) is 10.5 Å². The van der Waals surface area contributed by atoms with Gasteiger partial charge in [0.2, 0.25) is 0 Å². The van der Waals surface area contributed by atoms with E-state index in [1.807, 2.05) is 54.6 Å². The van der Waals surface area contributed by atoms with Gasteiger partial charge in [-0.25, -0.2) is 9.59 Å². The zero-order valence-electron chi connectivity index (χ0n) is 15.6. The van der Waals surface area contributed by atoms with Crippen molar-refractivity contribution in [1.82, 2.24) is 5.32 Å². The van der Waals surface area contributed by atoms with Gasteiger partial charge in [0.05, 0.1) is 0 Å². The zero-order chi connectivity index (χ0) is 20.1. The molecule has 3 rings (SSSR count). The predicted octanol–water partition coefficient (Wildman–Crippen LogP) is 1.79. The highest BCUT2D eigenvalue weighted by Gasteiger charge is 2.32. The average molecular weight is 381 g/mol. The predicted molar refractivity (Wildman–Crippen MR) is 105 cm³/mol. The van der Waals surface area contributed by atoms with Gasteiger partial charge in [-0.3, -0.25) is 4.79 Å². The number of carbonyl (C=O) groups is 3. The van der Waals surface area contributed by atoms with Crippen molar-refractivity contribution in [2.75, 3.05) is 11.4 Å². The van der Waals surface area contributed by atoms with Crippen molar-refractivity contribution in [1.29, 1.82) is 0 Å². The lowest BCUT2D eigenvalue weighted by Crippen LogP contribution is -2.48. The summed E-state index contributed by atoms with van der Waals surface area (Å²) in [6.07, 6.45) is 0.00464. The molecule has 0 spiro atoms. The molecule has 0 bridgehead atoms. The molecule has 1 aliphatic heterocycles. The Bertz CT molecular complexity index is 869. The molecule has 1 aliphatic rings. The smallest absolute Gasteiger partial charge is 0.329 e. The number of carbonyl (C=O) groups excluding carboxylic acids is 3. The van der Waals surface area contributed by atoms with E-state index < -0.39 is 24.1 Å². The summed E-state index contributed by atoms with van der Waals surface area (Å²) in [6, 6.07) is 15.0. The summed E-state index contributed by atoms with van der Waals surface area (Å²) in [5.41, 5.74) is 7.96. The third-order valence-corrected chi connectivity index (χ3v) is 4.68. The minimum Gasteiger partial charge on any atom is -0.451 e. The van der Waals surface area contributed by atoms with Gasteiger partial charge in [0.15, 0.2) is 6.10 Å². The Morgan fingerprint density at radius 1 is 1.11 bits per heavy atom. The van der Waals surface area contributed by atoms with Gasteiger partial charge < -0.3 is 20.7 Å². The first kappa shape index (κ1) is 19.4. The molecule has 2 atom stereocenters. The summed E-state index contributed by atoms with van der Waals surface area (Å²) < 4.78 is 5.37. The van der Waals surface area contributed by atoms with E-state index in [2.05, 4.69) is 5.32 Å². The van der Waals surface area contributed by atoms with Crippen molar-refractivity contribution in [3.05, 3.63) is 65.7 Å². The molecule has 0 fully saturated rings. The Morgan fingerprint density at radius 3 is 2.50 bits per heavy atom. The highest BCUT2D eigenvalue weighted by Crippen LogP contribution is 2.28. The van der Waals surface area contributed by atoms with Gasteiger partial charge >= 0.3 is 12.0 Å². The molecule has 7 heteroatoms. The lowest BCUT2D eigenvalue weighted by atomic mass is 10.1. The van der Waals surface area contributed by atoms with E-state index in [9.17, 15) is 14.4 Å². The van der Waals surface area contributed by atoms with Gasteiger partial charge in [0, 0.05) is 18.7 Å². The van der Waals surface area contributed by atoms with E-state index in [-0.39, 0.29) is 12.3 Å². The second-order valence-electron chi connectivity index (χ2n) is 6.70. The van der Waals surface area contributed by atoms with Crippen molar-refractivity contribution >= 4 is 23.6 Å². The van der Waals surface area contributed by atoms with Crippen molar-refractivity contribution in [2.24, 2.45) is 5.73 Å². The lowest BCUT2D eigenvalue weighted by Gasteiger charge is -2.24. The van der Waals surface area contributed by atoms with Crippen LogP contribution in [0.4, 0.5) is 10.5 Å². The maximum Gasteiger partial charge on any atom is 0.329 e. The third-order valence-electron chi connectivity index (χ3n) is 4.68. The van der Waals surface area contributed by atoms with Crippen molar-refractivity contribution in [2.45, 2.75) is 31.9 Å². The molecule has 0 saturated carbocycles. The lowest BCUT2D eigenvalue weighted by molar-refractivity contribution is -0.155. The maximum atomic E-state index is 12.8. The molecule has 28 heavy (non-hydrogen) atoms. The van der Waals surface area contributed by atoms with E-state index in [1.54, 1.807) is 4.90 Å². The SMILES string of the molecule is C[C@H](OC(=O)[C@H](Cc1ccccc1)NC(N)=O)C(=O)N1CCc2ccccc21. The number of anilines is 1. The molecule has 0 aliphatic carbocycles. The fraction of sp³-hybridized carbons (Fsp3) is 0.286. The number of hydrogen-bond acceptors (Lipinski definition) is 4. The highest BCUT2D eigenvalue weighted by molar-refractivity contribution is 5.99. The fourth-order valence-corrected chi connectivity index (χ4v) is 3.31. The number of hydrogen-bond donors (Lipinski definition) is 2. The Morgan fingerprint density at radius 2 is 1.79 bits per heavy atom. The molecule has 1 heterocycles. The van der Waals surface area contributed by atoms with Crippen LogP contribution >= 0.6 is 0 Å².